The lowest BCUT2D eigenvalue weighted by Crippen LogP contribution is -2.37. The Balaban J connectivity index is 2.09. The zero-order chi connectivity index (χ0) is 11.8. The van der Waals surface area contributed by atoms with E-state index in [-0.39, 0.29) is 12.5 Å². The summed E-state index contributed by atoms with van der Waals surface area (Å²) in [4.78, 5) is 11.0. The zero-order valence-electron chi connectivity index (χ0n) is 10.2. The van der Waals surface area contributed by atoms with Gasteiger partial charge in [-0.3, -0.25) is 4.79 Å². The number of aliphatic hydroxyl groups is 1. The number of nitrogens with one attached hydrogen (secondary N) is 2. The van der Waals surface area contributed by atoms with E-state index in [4.69, 9.17) is 5.11 Å². The topological polar surface area (TPSA) is 61.4 Å². The van der Waals surface area contributed by atoms with Crippen LogP contribution in [-0.4, -0.2) is 36.8 Å². The van der Waals surface area contributed by atoms with Crippen molar-refractivity contribution in [3.05, 3.63) is 0 Å². The van der Waals surface area contributed by atoms with Crippen molar-refractivity contribution in [2.24, 2.45) is 5.92 Å². The molecule has 1 heterocycles. The fraction of sp³-hybridized carbons (Fsp3) is 0.917. The molecule has 2 unspecified atom stereocenters. The van der Waals surface area contributed by atoms with E-state index in [1.165, 1.54) is 0 Å². The van der Waals surface area contributed by atoms with Crippen LogP contribution in [0.4, 0.5) is 0 Å². The third kappa shape index (κ3) is 4.94. The number of amides is 1. The highest BCUT2D eigenvalue weighted by atomic mass is 16.3. The first-order chi connectivity index (χ1) is 7.76. The molecule has 3 N–H and O–H groups in total. The number of hydrogen-bond donors (Lipinski definition) is 3. The lowest BCUT2D eigenvalue weighted by atomic mass is 10.0. The van der Waals surface area contributed by atoms with Gasteiger partial charge in [0.1, 0.15) is 0 Å². The average molecular weight is 228 g/mol. The van der Waals surface area contributed by atoms with Crippen LogP contribution < -0.4 is 10.6 Å². The van der Waals surface area contributed by atoms with Gasteiger partial charge in [0.25, 0.3) is 0 Å². The maximum Gasteiger partial charge on any atom is 0.220 e. The van der Waals surface area contributed by atoms with E-state index < -0.39 is 0 Å². The molecule has 1 saturated heterocycles. The molecule has 0 aromatic heterocycles. The Morgan fingerprint density at radius 2 is 2.38 bits per heavy atom. The summed E-state index contributed by atoms with van der Waals surface area (Å²) in [7, 11) is 0. The highest BCUT2D eigenvalue weighted by molar-refractivity contribution is 5.78. The van der Waals surface area contributed by atoms with Gasteiger partial charge in [-0.05, 0) is 31.7 Å². The Hall–Kier alpha value is -0.610. The first kappa shape index (κ1) is 13.5. The van der Waals surface area contributed by atoms with Crippen molar-refractivity contribution in [2.45, 2.75) is 45.1 Å². The molecule has 94 valence electrons. The second kappa shape index (κ2) is 7.63. The summed E-state index contributed by atoms with van der Waals surface area (Å²) < 4.78 is 0. The molecule has 2 atom stereocenters. The van der Waals surface area contributed by atoms with E-state index in [2.05, 4.69) is 17.6 Å². The van der Waals surface area contributed by atoms with Gasteiger partial charge < -0.3 is 15.7 Å². The van der Waals surface area contributed by atoms with Crippen molar-refractivity contribution >= 4 is 5.91 Å². The molecule has 0 radical (unpaired) electrons. The molecule has 1 fully saturated rings. The lowest BCUT2D eigenvalue weighted by molar-refractivity contribution is -0.119. The first-order valence-electron chi connectivity index (χ1n) is 6.37. The van der Waals surface area contributed by atoms with Crippen molar-refractivity contribution in [1.29, 1.82) is 0 Å². The summed E-state index contributed by atoms with van der Waals surface area (Å²) in [6.45, 7) is 4.24. The van der Waals surface area contributed by atoms with E-state index in [0.29, 0.717) is 18.4 Å². The van der Waals surface area contributed by atoms with E-state index >= 15 is 0 Å². The fourth-order valence-electron chi connectivity index (χ4n) is 2.23. The van der Waals surface area contributed by atoms with Crippen LogP contribution in [0, 0.1) is 5.92 Å². The second-order valence-corrected chi connectivity index (χ2v) is 4.63. The predicted octanol–water partition coefficient (Wildman–Crippen LogP) is 0.653. The van der Waals surface area contributed by atoms with Crippen molar-refractivity contribution in [2.75, 3.05) is 19.7 Å². The summed E-state index contributed by atoms with van der Waals surface area (Å²) in [6, 6.07) is 0.309. The van der Waals surface area contributed by atoms with Gasteiger partial charge in [0.05, 0.1) is 0 Å². The highest BCUT2D eigenvalue weighted by Gasteiger charge is 2.20. The van der Waals surface area contributed by atoms with Crippen LogP contribution >= 0.6 is 0 Å². The smallest absolute Gasteiger partial charge is 0.220 e. The van der Waals surface area contributed by atoms with Gasteiger partial charge in [-0.25, -0.2) is 0 Å². The molecule has 4 heteroatoms. The molecule has 4 nitrogen and oxygen atoms in total. The summed E-state index contributed by atoms with van der Waals surface area (Å²) in [5.74, 6) is 0.736. The number of carbonyl (C=O) groups is 1. The van der Waals surface area contributed by atoms with Crippen LogP contribution in [0.25, 0.3) is 0 Å². The minimum absolute atomic E-state index is 0.173. The molecular formula is C12H24N2O2. The Morgan fingerprint density at radius 3 is 2.94 bits per heavy atom. The largest absolute Gasteiger partial charge is 0.396 e. The van der Waals surface area contributed by atoms with Gasteiger partial charge in [-0.15, -0.1) is 0 Å². The van der Waals surface area contributed by atoms with Gasteiger partial charge in [0.2, 0.25) is 5.91 Å². The summed E-state index contributed by atoms with van der Waals surface area (Å²) in [5, 5.41) is 15.3. The van der Waals surface area contributed by atoms with Gasteiger partial charge >= 0.3 is 0 Å². The zero-order valence-corrected chi connectivity index (χ0v) is 10.2. The molecule has 0 aromatic rings. The van der Waals surface area contributed by atoms with Crippen LogP contribution in [0.2, 0.25) is 0 Å². The number of hydrogen-bond acceptors (Lipinski definition) is 3. The lowest BCUT2D eigenvalue weighted by Gasteiger charge is -2.17. The van der Waals surface area contributed by atoms with E-state index in [0.717, 1.165) is 38.8 Å². The Labute approximate surface area is 97.8 Å². The maximum atomic E-state index is 11.0. The van der Waals surface area contributed by atoms with Crippen LogP contribution in [0.15, 0.2) is 0 Å². The number of aliphatic hydroxyl groups excluding tert-OH is 1. The maximum absolute atomic E-state index is 11.0. The van der Waals surface area contributed by atoms with Crippen LogP contribution in [-0.2, 0) is 4.79 Å². The molecule has 1 amide bonds. The minimum atomic E-state index is 0.173. The quantitative estimate of drug-likeness (QED) is 0.572. The van der Waals surface area contributed by atoms with Crippen molar-refractivity contribution in [1.82, 2.24) is 10.6 Å². The average Bonchev–Trinajstić information content (AvgIpc) is 2.65. The van der Waals surface area contributed by atoms with Gasteiger partial charge in [0, 0.05) is 25.6 Å². The molecule has 0 aliphatic carbocycles. The molecule has 0 spiro atoms. The predicted molar refractivity (Wildman–Crippen MR) is 64.1 cm³/mol. The van der Waals surface area contributed by atoms with Gasteiger partial charge in [-0.1, -0.05) is 13.3 Å². The SMILES string of the molecule is CCCC(CCO)CNCC1CCC(=O)N1. The van der Waals surface area contributed by atoms with Gasteiger partial charge in [-0.2, -0.15) is 0 Å². The third-order valence-electron chi connectivity index (χ3n) is 3.14. The summed E-state index contributed by atoms with van der Waals surface area (Å²) in [6.07, 6.45) is 4.81. The molecule has 1 aliphatic heterocycles. The number of carbonyl (C=O) groups excluding carboxylic acids is 1. The molecule has 0 bridgehead atoms. The molecule has 1 aliphatic rings. The molecule has 0 saturated carbocycles. The Morgan fingerprint density at radius 1 is 1.56 bits per heavy atom. The molecular weight excluding hydrogens is 204 g/mol. The second-order valence-electron chi connectivity index (χ2n) is 4.63. The molecule has 1 rings (SSSR count). The van der Waals surface area contributed by atoms with Crippen molar-refractivity contribution < 1.29 is 9.90 Å². The minimum Gasteiger partial charge on any atom is -0.396 e. The Kier molecular flexibility index (Phi) is 6.42. The monoisotopic (exact) mass is 228 g/mol. The molecule has 0 aromatic carbocycles. The van der Waals surface area contributed by atoms with E-state index in [9.17, 15) is 4.79 Å². The Bertz CT molecular complexity index is 203. The highest BCUT2D eigenvalue weighted by Crippen LogP contribution is 2.10. The van der Waals surface area contributed by atoms with Crippen LogP contribution in [0.1, 0.15) is 39.0 Å². The van der Waals surface area contributed by atoms with E-state index in [1.54, 1.807) is 0 Å². The normalized spacial score (nSPS) is 22.1. The summed E-state index contributed by atoms with van der Waals surface area (Å²) in [5.41, 5.74) is 0. The third-order valence-corrected chi connectivity index (χ3v) is 3.14. The molecule has 16 heavy (non-hydrogen) atoms. The van der Waals surface area contributed by atoms with Crippen molar-refractivity contribution in [3.63, 3.8) is 0 Å². The van der Waals surface area contributed by atoms with E-state index in [1.807, 2.05) is 0 Å². The first-order valence-corrected chi connectivity index (χ1v) is 6.37. The van der Waals surface area contributed by atoms with Crippen LogP contribution in [0.3, 0.4) is 0 Å². The summed E-state index contributed by atoms with van der Waals surface area (Å²) >= 11 is 0. The number of rotatable bonds is 8. The fourth-order valence-corrected chi connectivity index (χ4v) is 2.23. The van der Waals surface area contributed by atoms with Crippen molar-refractivity contribution in [3.8, 4) is 0 Å². The van der Waals surface area contributed by atoms with Gasteiger partial charge in [0.15, 0.2) is 0 Å². The van der Waals surface area contributed by atoms with Crippen LogP contribution in [0.5, 0.6) is 0 Å². The standard InChI is InChI=1S/C12H24N2O2/c1-2-3-10(6-7-15)8-13-9-11-4-5-12(16)14-11/h10-11,13,15H,2-9H2,1H3,(H,14,16).